The minimum absolute atomic E-state index is 0.000255. The van der Waals surface area contributed by atoms with E-state index in [1.54, 1.807) is 11.9 Å². The second kappa shape index (κ2) is 6.68. The summed E-state index contributed by atoms with van der Waals surface area (Å²) < 4.78 is 1.01. The molecule has 104 valence electrons. The number of carbonyl (C=O) groups excluding carboxylic acids is 1. The van der Waals surface area contributed by atoms with Crippen molar-refractivity contribution in [3.05, 3.63) is 69.7 Å². The van der Waals surface area contributed by atoms with Crippen molar-refractivity contribution in [2.45, 2.75) is 13.1 Å². The molecule has 0 aliphatic rings. The van der Waals surface area contributed by atoms with E-state index in [1.165, 1.54) is 0 Å². The van der Waals surface area contributed by atoms with Crippen molar-refractivity contribution >= 4 is 21.8 Å². The highest BCUT2D eigenvalue weighted by Gasteiger charge is 2.12. The lowest BCUT2D eigenvalue weighted by atomic mass is 10.1. The molecule has 0 radical (unpaired) electrons. The van der Waals surface area contributed by atoms with E-state index in [-0.39, 0.29) is 5.91 Å². The molecule has 2 N–H and O–H groups in total. The van der Waals surface area contributed by atoms with Gasteiger partial charge in [0.2, 0.25) is 0 Å². The van der Waals surface area contributed by atoms with Gasteiger partial charge >= 0.3 is 0 Å². The van der Waals surface area contributed by atoms with Crippen molar-refractivity contribution in [1.82, 2.24) is 4.90 Å². The molecule has 2 aromatic carbocycles. The quantitative estimate of drug-likeness (QED) is 0.934. The molecule has 3 nitrogen and oxygen atoms in total. The van der Waals surface area contributed by atoms with Crippen molar-refractivity contribution in [3.8, 4) is 0 Å². The van der Waals surface area contributed by atoms with E-state index in [2.05, 4.69) is 15.9 Å². The lowest BCUT2D eigenvalue weighted by Crippen LogP contribution is -2.26. The Kier molecular flexibility index (Phi) is 4.93. The topological polar surface area (TPSA) is 46.3 Å². The van der Waals surface area contributed by atoms with Crippen LogP contribution in [0.2, 0.25) is 0 Å². The van der Waals surface area contributed by atoms with Crippen molar-refractivity contribution < 1.29 is 4.79 Å². The smallest absolute Gasteiger partial charge is 0.253 e. The van der Waals surface area contributed by atoms with Crippen LogP contribution in [-0.4, -0.2) is 17.9 Å². The third-order valence-corrected chi connectivity index (χ3v) is 3.56. The molecule has 0 atom stereocenters. The summed E-state index contributed by atoms with van der Waals surface area (Å²) in [5, 5.41) is 0. The Morgan fingerprint density at radius 2 is 1.85 bits per heavy atom. The minimum atomic E-state index is 0.000255. The predicted octanol–water partition coefficient (Wildman–Crippen LogP) is 3.18. The summed E-state index contributed by atoms with van der Waals surface area (Å²) in [6.45, 7) is 1.02. The van der Waals surface area contributed by atoms with Crippen LogP contribution in [0.1, 0.15) is 21.5 Å². The summed E-state index contributed by atoms with van der Waals surface area (Å²) in [5.74, 6) is 0.000255. The third-order valence-electron chi connectivity index (χ3n) is 3.07. The number of carbonyl (C=O) groups is 1. The summed E-state index contributed by atoms with van der Waals surface area (Å²) in [7, 11) is 1.80. The Morgan fingerprint density at radius 1 is 1.15 bits per heavy atom. The molecule has 2 rings (SSSR count). The van der Waals surface area contributed by atoms with Crippen molar-refractivity contribution in [3.63, 3.8) is 0 Å². The lowest BCUT2D eigenvalue weighted by molar-refractivity contribution is 0.0785. The van der Waals surface area contributed by atoms with E-state index in [1.807, 2.05) is 48.5 Å². The Labute approximate surface area is 127 Å². The average molecular weight is 333 g/mol. The second-order valence-corrected chi connectivity index (χ2v) is 5.61. The molecule has 0 saturated carbocycles. The second-order valence-electron chi connectivity index (χ2n) is 4.70. The number of amides is 1. The van der Waals surface area contributed by atoms with Crippen LogP contribution in [-0.2, 0) is 13.1 Å². The van der Waals surface area contributed by atoms with Gasteiger partial charge in [-0.2, -0.15) is 0 Å². The Bertz CT molecular complexity index is 613. The largest absolute Gasteiger partial charge is 0.337 e. The molecular formula is C16H17BrN2O. The first-order valence-electron chi connectivity index (χ1n) is 6.39. The van der Waals surface area contributed by atoms with Crippen LogP contribution in [0.15, 0.2) is 53.0 Å². The maximum absolute atomic E-state index is 12.4. The number of benzene rings is 2. The van der Waals surface area contributed by atoms with Gasteiger partial charge in [0.1, 0.15) is 0 Å². The van der Waals surface area contributed by atoms with Gasteiger partial charge in [-0.3, -0.25) is 4.79 Å². The van der Waals surface area contributed by atoms with E-state index in [0.29, 0.717) is 18.7 Å². The van der Waals surface area contributed by atoms with Crippen molar-refractivity contribution in [2.24, 2.45) is 5.73 Å². The number of hydrogen-bond acceptors (Lipinski definition) is 2. The van der Waals surface area contributed by atoms with Gasteiger partial charge in [0.05, 0.1) is 0 Å². The molecular weight excluding hydrogens is 316 g/mol. The molecule has 0 aliphatic carbocycles. The summed E-state index contributed by atoms with van der Waals surface area (Å²) >= 11 is 3.44. The highest BCUT2D eigenvalue weighted by atomic mass is 79.9. The van der Waals surface area contributed by atoms with Gasteiger partial charge in [0.15, 0.2) is 0 Å². The summed E-state index contributed by atoms with van der Waals surface area (Å²) in [5.41, 5.74) is 8.33. The predicted molar refractivity (Wildman–Crippen MR) is 84.3 cm³/mol. The fraction of sp³-hybridized carbons (Fsp3) is 0.188. The minimum Gasteiger partial charge on any atom is -0.337 e. The number of nitrogens with two attached hydrogens (primary N) is 1. The van der Waals surface area contributed by atoms with Crippen LogP contribution in [0.3, 0.4) is 0 Å². The Hall–Kier alpha value is -1.65. The van der Waals surface area contributed by atoms with E-state index >= 15 is 0 Å². The molecule has 0 heterocycles. The normalized spacial score (nSPS) is 10.3. The van der Waals surface area contributed by atoms with Gasteiger partial charge < -0.3 is 10.6 Å². The Morgan fingerprint density at radius 3 is 2.55 bits per heavy atom. The molecule has 2 aromatic rings. The molecule has 20 heavy (non-hydrogen) atoms. The standard InChI is InChI=1S/C16H17BrN2O/c1-19(11-13-5-3-7-15(17)9-13)16(20)14-6-2-4-12(8-14)10-18/h2-9H,10-11,18H2,1H3. The first-order valence-corrected chi connectivity index (χ1v) is 7.18. The zero-order valence-corrected chi connectivity index (χ0v) is 12.9. The van der Waals surface area contributed by atoms with Crippen LogP contribution in [0.4, 0.5) is 0 Å². The van der Waals surface area contributed by atoms with Gasteiger partial charge in [0, 0.05) is 30.2 Å². The van der Waals surface area contributed by atoms with Gasteiger partial charge in [-0.15, -0.1) is 0 Å². The van der Waals surface area contributed by atoms with Gasteiger partial charge in [-0.1, -0.05) is 40.2 Å². The van der Waals surface area contributed by atoms with Gasteiger partial charge in [0.25, 0.3) is 5.91 Å². The zero-order chi connectivity index (χ0) is 14.5. The molecule has 0 bridgehead atoms. The van der Waals surface area contributed by atoms with Gasteiger partial charge in [-0.25, -0.2) is 0 Å². The molecule has 0 saturated heterocycles. The molecule has 0 spiro atoms. The summed E-state index contributed by atoms with van der Waals surface area (Å²) in [6, 6.07) is 15.4. The van der Waals surface area contributed by atoms with E-state index < -0.39 is 0 Å². The highest BCUT2D eigenvalue weighted by molar-refractivity contribution is 9.10. The highest BCUT2D eigenvalue weighted by Crippen LogP contribution is 2.14. The van der Waals surface area contributed by atoms with E-state index in [4.69, 9.17) is 5.73 Å². The molecule has 0 unspecified atom stereocenters. The molecule has 0 fully saturated rings. The summed E-state index contributed by atoms with van der Waals surface area (Å²) in [4.78, 5) is 14.1. The fourth-order valence-electron chi connectivity index (χ4n) is 2.03. The van der Waals surface area contributed by atoms with Crippen LogP contribution in [0.5, 0.6) is 0 Å². The van der Waals surface area contributed by atoms with Gasteiger partial charge in [-0.05, 0) is 35.4 Å². The van der Waals surface area contributed by atoms with Crippen LogP contribution in [0.25, 0.3) is 0 Å². The first-order chi connectivity index (χ1) is 9.60. The Balaban J connectivity index is 2.12. The monoisotopic (exact) mass is 332 g/mol. The maximum Gasteiger partial charge on any atom is 0.253 e. The molecule has 0 aliphatic heterocycles. The SMILES string of the molecule is CN(Cc1cccc(Br)c1)C(=O)c1cccc(CN)c1. The number of rotatable bonds is 4. The number of nitrogens with zero attached hydrogens (tertiary/aromatic N) is 1. The number of hydrogen-bond donors (Lipinski definition) is 1. The molecule has 1 amide bonds. The van der Waals surface area contributed by atoms with Crippen LogP contribution < -0.4 is 5.73 Å². The maximum atomic E-state index is 12.4. The lowest BCUT2D eigenvalue weighted by Gasteiger charge is -2.18. The summed E-state index contributed by atoms with van der Waals surface area (Å²) in [6.07, 6.45) is 0. The average Bonchev–Trinajstić information content (AvgIpc) is 2.46. The third kappa shape index (κ3) is 3.68. The van der Waals surface area contributed by atoms with E-state index in [0.717, 1.165) is 15.6 Å². The van der Waals surface area contributed by atoms with Crippen LogP contribution in [0, 0.1) is 0 Å². The number of halogens is 1. The van der Waals surface area contributed by atoms with Crippen molar-refractivity contribution in [1.29, 1.82) is 0 Å². The van der Waals surface area contributed by atoms with Crippen LogP contribution >= 0.6 is 15.9 Å². The molecule has 0 aromatic heterocycles. The zero-order valence-electron chi connectivity index (χ0n) is 11.3. The van der Waals surface area contributed by atoms with Crippen molar-refractivity contribution in [2.75, 3.05) is 7.05 Å². The van der Waals surface area contributed by atoms with E-state index in [9.17, 15) is 4.79 Å². The fourth-order valence-corrected chi connectivity index (χ4v) is 2.48. The molecule has 4 heteroatoms. The first kappa shape index (κ1) is 14.8.